The highest BCUT2D eigenvalue weighted by molar-refractivity contribution is 7.94. The van der Waals surface area contributed by atoms with E-state index in [0.717, 1.165) is 28.2 Å². The Morgan fingerprint density at radius 2 is 1.93 bits per heavy atom. The van der Waals surface area contributed by atoms with Gasteiger partial charge in [-0.3, -0.25) is 9.52 Å². The van der Waals surface area contributed by atoms with Gasteiger partial charge in [0.1, 0.15) is 15.6 Å². The number of nitrogens with zero attached hydrogens (tertiary/aromatic N) is 1. The van der Waals surface area contributed by atoms with Crippen LogP contribution in [0, 0.1) is 6.92 Å². The largest absolute Gasteiger partial charge is 0.354 e. The summed E-state index contributed by atoms with van der Waals surface area (Å²) in [6, 6.07) is 10.6. The van der Waals surface area contributed by atoms with Crippen LogP contribution in [0.4, 0.5) is 11.4 Å². The normalized spacial score (nSPS) is 11.7. The number of rotatable bonds is 8. The van der Waals surface area contributed by atoms with E-state index >= 15 is 0 Å². The maximum absolute atomic E-state index is 12.8. The molecule has 7 nitrogen and oxygen atoms in total. The zero-order chi connectivity index (χ0) is 21.7. The summed E-state index contributed by atoms with van der Waals surface area (Å²) >= 11 is 1.14. The molecule has 0 spiro atoms. The molecule has 30 heavy (non-hydrogen) atoms. The summed E-state index contributed by atoms with van der Waals surface area (Å²) in [4.78, 5) is 12.4. The molecular formula is C21H23N3O4S2. The standard InChI is InChI=1S/C21H23N3O4S2/c1-4-15-8-6-7-9-17(15)24-30(26,27)20-13-11-16(29-20)10-12-18-21(14(3)23-28-18)22-19(25)5-2/h6-13,24H,4-5H2,1-3H3,(H,22,25). The molecule has 2 aromatic heterocycles. The van der Waals surface area contributed by atoms with Crippen molar-refractivity contribution >= 4 is 50.8 Å². The highest BCUT2D eigenvalue weighted by Crippen LogP contribution is 2.28. The van der Waals surface area contributed by atoms with Crippen molar-refractivity contribution in [2.45, 2.75) is 37.8 Å². The number of aryl methyl sites for hydroxylation is 2. The highest BCUT2D eigenvalue weighted by atomic mass is 32.2. The lowest BCUT2D eigenvalue weighted by atomic mass is 10.1. The zero-order valence-corrected chi connectivity index (χ0v) is 18.6. The second kappa shape index (κ2) is 9.27. The fourth-order valence-electron chi connectivity index (χ4n) is 2.73. The van der Waals surface area contributed by atoms with Gasteiger partial charge in [-0.1, -0.05) is 37.2 Å². The molecule has 1 aromatic carbocycles. The van der Waals surface area contributed by atoms with Crippen LogP contribution in [0.25, 0.3) is 12.2 Å². The molecule has 2 heterocycles. The minimum Gasteiger partial charge on any atom is -0.354 e. The minimum absolute atomic E-state index is 0.140. The Hall–Kier alpha value is -2.91. The fourth-order valence-corrected chi connectivity index (χ4v) is 5.06. The molecule has 0 aliphatic rings. The van der Waals surface area contributed by atoms with E-state index in [2.05, 4.69) is 15.2 Å². The van der Waals surface area contributed by atoms with Gasteiger partial charge >= 0.3 is 0 Å². The quantitative estimate of drug-likeness (QED) is 0.512. The van der Waals surface area contributed by atoms with Crippen molar-refractivity contribution < 1.29 is 17.7 Å². The Balaban J connectivity index is 1.79. The first-order chi connectivity index (χ1) is 14.3. The van der Waals surface area contributed by atoms with E-state index in [0.29, 0.717) is 29.2 Å². The first kappa shape index (κ1) is 21.8. The maximum Gasteiger partial charge on any atom is 0.271 e. The van der Waals surface area contributed by atoms with Crippen molar-refractivity contribution in [3.8, 4) is 0 Å². The third-order valence-corrected chi connectivity index (χ3v) is 7.29. The average molecular weight is 446 g/mol. The molecule has 0 bridgehead atoms. The van der Waals surface area contributed by atoms with Crippen LogP contribution in [-0.2, 0) is 21.2 Å². The van der Waals surface area contributed by atoms with Crippen LogP contribution in [0.15, 0.2) is 45.1 Å². The molecule has 0 fully saturated rings. The van der Waals surface area contributed by atoms with Crippen molar-refractivity contribution in [3.05, 3.63) is 58.3 Å². The first-order valence-electron chi connectivity index (χ1n) is 9.48. The number of hydrogen-bond donors (Lipinski definition) is 2. The van der Waals surface area contributed by atoms with E-state index in [1.165, 1.54) is 0 Å². The van der Waals surface area contributed by atoms with Gasteiger partial charge in [-0.15, -0.1) is 11.3 Å². The second-order valence-corrected chi connectivity index (χ2v) is 9.54. The molecule has 3 aromatic rings. The van der Waals surface area contributed by atoms with E-state index in [4.69, 9.17) is 4.52 Å². The molecule has 0 radical (unpaired) electrons. The smallest absolute Gasteiger partial charge is 0.271 e. The van der Waals surface area contributed by atoms with E-state index < -0.39 is 10.0 Å². The lowest BCUT2D eigenvalue weighted by molar-refractivity contribution is -0.115. The molecule has 3 rings (SSSR count). The van der Waals surface area contributed by atoms with Crippen molar-refractivity contribution in [1.82, 2.24) is 5.16 Å². The van der Waals surface area contributed by atoms with Crippen molar-refractivity contribution in [2.24, 2.45) is 0 Å². The Morgan fingerprint density at radius 1 is 1.17 bits per heavy atom. The molecule has 1 amide bonds. The number of aromatic nitrogens is 1. The molecule has 158 valence electrons. The third kappa shape index (κ3) is 4.98. The summed E-state index contributed by atoms with van der Waals surface area (Å²) in [7, 11) is -3.69. The Labute approximate surface area is 179 Å². The monoisotopic (exact) mass is 445 g/mol. The van der Waals surface area contributed by atoms with Gasteiger partial charge in [0.2, 0.25) is 5.91 Å². The van der Waals surface area contributed by atoms with Gasteiger partial charge in [0.05, 0.1) is 5.69 Å². The van der Waals surface area contributed by atoms with Crippen LogP contribution in [0.1, 0.15) is 42.2 Å². The van der Waals surface area contributed by atoms with Gasteiger partial charge < -0.3 is 9.84 Å². The number of carbonyl (C=O) groups is 1. The third-order valence-electron chi connectivity index (χ3n) is 4.38. The predicted octanol–water partition coefficient (Wildman–Crippen LogP) is 4.93. The van der Waals surface area contributed by atoms with Gasteiger partial charge in [0, 0.05) is 11.3 Å². The van der Waals surface area contributed by atoms with Crippen LogP contribution >= 0.6 is 11.3 Å². The summed E-state index contributed by atoms with van der Waals surface area (Å²) in [6.45, 7) is 5.47. The van der Waals surface area contributed by atoms with Crippen LogP contribution < -0.4 is 10.0 Å². The number of benzene rings is 1. The number of nitrogens with one attached hydrogen (secondary N) is 2. The van der Waals surface area contributed by atoms with Crippen molar-refractivity contribution in [1.29, 1.82) is 0 Å². The molecule has 0 saturated heterocycles. The Kier molecular flexibility index (Phi) is 6.73. The number of para-hydroxylation sites is 1. The van der Waals surface area contributed by atoms with Gasteiger partial charge in [-0.05, 0) is 49.3 Å². The summed E-state index contributed by atoms with van der Waals surface area (Å²) in [5.41, 5.74) is 2.60. The molecular weight excluding hydrogens is 422 g/mol. The fraction of sp³-hybridized carbons (Fsp3) is 0.238. The van der Waals surface area contributed by atoms with Gasteiger partial charge in [0.25, 0.3) is 10.0 Å². The number of carbonyl (C=O) groups excluding carboxylic acids is 1. The topological polar surface area (TPSA) is 101 Å². The highest BCUT2D eigenvalue weighted by Gasteiger charge is 2.18. The van der Waals surface area contributed by atoms with Crippen LogP contribution in [-0.4, -0.2) is 19.5 Å². The van der Waals surface area contributed by atoms with Crippen LogP contribution in [0.3, 0.4) is 0 Å². The lowest BCUT2D eigenvalue weighted by Gasteiger charge is -2.10. The molecule has 0 aliphatic heterocycles. The maximum atomic E-state index is 12.8. The Bertz CT molecular complexity index is 1180. The van der Waals surface area contributed by atoms with Gasteiger partial charge in [0.15, 0.2) is 5.76 Å². The lowest BCUT2D eigenvalue weighted by Crippen LogP contribution is -2.12. The molecule has 0 atom stereocenters. The predicted molar refractivity (Wildman–Crippen MR) is 120 cm³/mol. The SMILES string of the molecule is CCC(=O)Nc1c(C)noc1C=Cc1ccc(S(=O)(=O)Nc2ccccc2CC)s1. The van der Waals surface area contributed by atoms with E-state index in [1.807, 2.05) is 19.1 Å². The number of anilines is 2. The molecule has 9 heteroatoms. The van der Waals surface area contributed by atoms with Gasteiger partial charge in [-0.2, -0.15) is 0 Å². The zero-order valence-electron chi connectivity index (χ0n) is 16.9. The summed E-state index contributed by atoms with van der Waals surface area (Å²) in [5, 5.41) is 6.64. The first-order valence-corrected chi connectivity index (χ1v) is 11.8. The van der Waals surface area contributed by atoms with Crippen LogP contribution in [0.5, 0.6) is 0 Å². The number of thiophene rings is 1. The average Bonchev–Trinajstić information content (AvgIpc) is 3.34. The van der Waals surface area contributed by atoms with E-state index in [-0.39, 0.29) is 10.1 Å². The van der Waals surface area contributed by atoms with Crippen LogP contribution in [0.2, 0.25) is 0 Å². The van der Waals surface area contributed by atoms with E-state index in [9.17, 15) is 13.2 Å². The number of amides is 1. The second-order valence-electron chi connectivity index (χ2n) is 6.52. The molecule has 0 saturated carbocycles. The van der Waals surface area contributed by atoms with Crippen molar-refractivity contribution in [3.63, 3.8) is 0 Å². The van der Waals surface area contributed by atoms with Crippen molar-refractivity contribution in [2.75, 3.05) is 10.0 Å². The molecule has 0 aliphatic carbocycles. The minimum atomic E-state index is -3.69. The van der Waals surface area contributed by atoms with E-state index in [1.54, 1.807) is 50.3 Å². The summed E-state index contributed by atoms with van der Waals surface area (Å²) in [6.07, 6.45) is 4.46. The molecule has 0 unspecified atom stereocenters. The number of hydrogen-bond acceptors (Lipinski definition) is 6. The summed E-state index contributed by atoms with van der Waals surface area (Å²) in [5.74, 6) is 0.265. The number of sulfonamides is 1. The summed E-state index contributed by atoms with van der Waals surface area (Å²) < 4.78 is 33.7. The molecule has 2 N–H and O–H groups in total. The van der Waals surface area contributed by atoms with Gasteiger partial charge in [-0.25, -0.2) is 8.42 Å². The Morgan fingerprint density at radius 3 is 2.67 bits per heavy atom.